The lowest BCUT2D eigenvalue weighted by molar-refractivity contribution is 0.257. The van der Waals surface area contributed by atoms with Gasteiger partial charge in [0.25, 0.3) is 0 Å². The molecule has 0 fully saturated rings. The predicted molar refractivity (Wildman–Crippen MR) is 74.5 cm³/mol. The van der Waals surface area contributed by atoms with E-state index < -0.39 is 10.0 Å². The molecule has 0 aliphatic heterocycles. The van der Waals surface area contributed by atoms with E-state index in [1.54, 1.807) is 19.2 Å². The topological polar surface area (TPSA) is 82.5 Å². The number of sulfonamides is 1. The molecule has 0 saturated heterocycles. The number of aromatic nitrogens is 1. The molecule has 7 heteroatoms. The van der Waals surface area contributed by atoms with E-state index in [0.717, 1.165) is 6.42 Å². The van der Waals surface area contributed by atoms with Crippen LogP contribution in [0.2, 0.25) is 0 Å². The Balaban J connectivity index is 3.12. The number of aliphatic hydroxyl groups excluding tert-OH is 1. The SMILES string of the molecule is CCCNc1ncccc1S(=O)(=O)N(CC)CCO. The monoisotopic (exact) mass is 287 g/mol. The fourth-order valence-corrected chi connectivity index (χ4v) is 3.23. The number of anilines is 1. The maximum Gasteiger partial charge on any atom is 0.246 e. The molecule has 1 rings (SSSR count). The summed E-state index contributed by atoms with van der Waals surface area (Å²) in [6, 6.07) is 3.12. The molecule has 0 unspecified atom stereocenters. The first kappa shape index (κ1) is 15.9. The number of pyridine rings is 1. The van der Waals surface area contributed by atoms with Crippen LogP contribution >= 0.6 is 0 Å². The van der Waals surface area contributed by atoms with Gasteiger partial charge in [0.15, 0.2) is 0 Å². The van der Waals surface area contributed by atoms with Crippen molar-refractivity contribution >= 4 is 15.8 Å². The molecule has 0 bridgehead atoms. The van der Waals surface area contributed by atoms with E-state index in [1.807, 2.05) is 6.92 Å². The Morgan fingerprint density at radius 2 is 2.16 bits per heavy atom. The normalized spacial score (nSPS) is 11.8. The minimum atomic E-state index is -3.63. The molecule has 0 aliphatic carbocycles. The van der Waals surface area contributed by atoms with Crippen molar-refractivity contribution in [2.45, 2.75) is 25.2 Å². The number of hydrogen-bond donors (Lipinski definition) is 2. The summed E-state index contributed by atoms with van der Waals surface area (Å²) < 4.78 is 26.2. The van der Waals surface area contributed by atoms with Crippen molar-refractivity contribution in [3.63, 3.8) is 0 Å². The third-order valence-corrected chi connectivity index (χ3v) is 4.64. The standard InChI is InChI=1S/C12H21N3O3S/c1-3-7-13-12-11(6-5-8-14-12)19(17,18)15(4-2)9-10-16/h5-6,8,16H,3-4,7,9-10H2,1-2H3,(H,13,14). The van der Waals surface area contributed by atoms with Gasteiger partial charge in [-0.2, -0.15) is 4.31 Å². The van der Waals surface area contributed by atoms with E-state index in [1.165, 1.54) is 10.4 Å². The van der Waals surface area contributed by atoms with E-state index in [4.69, 9.17) is 5.11 Å². The predicted octanol–water partition coefficient (Wildman–Crippen LogP) is 0.906. The van der Waals surface area contributed by atoms with Crippen molar-refractivity contribution in [3.8, 4) is 0 Å². The Hall–Kier alpha value is -1.18. The minimum absolute atomic E-state index is 0.0843. The van der Waals surface area contributed by atoms with Crippen molar-refractivity contribution in [1.82, 2.24) is 9.29 Å². The van der Waals surface area contributed by atoms with E-state index in [0.29, 0.717) is 18.9 Å². The third-order valence-electron chi connectivity index (χ3n) is 2.63. The Labute approximate surface area is 114 Å². The molecule has 0 aliphatic rings. The summed E-state index contributed by atoms with van der Waals surface area (Å²) in [6.07, 6.45) is 2.43. The summed E-state index contributed by atoms with van der Waals surface area (Å²) in [5, 5.41) is 12.0. The molecule has 19 heavy (non-hydrogen) atoms. The summed E-state index contributed by atoms with van der Waals surface area (Å²) in [4.78, 5) is 4.23. The summed E-state index contributed by atoms with van der Waals surface area (Å²) in [5.74, 6) is 0.362. The molecule has 0 amide bonds. The van der Waals surface area contributed by atoms with E-state index in [9.17, 15) is 8.42 Å². The number of aliphatic hydroxyl groups is 1. The van der Waals surface area contributed by atoms with E-state index in [-0.39, 0.29) is 18.0 Å². The molecule has 0 spiro atoms. The Morgan fingerprint density at radius 1 is 1.42 bits per heavy atom. The molecule has 108 valence electrons. The highest BCUT2D eigenvalue weighted by Gasteiger charge is 2.25. The Bertz CT molecular complexity index is 491. The van der Waals surface area contributed by atoms with Crippen molar-refractivity contribution in [2.24, 2.45) is 0 Å². The van der Waals surface area contributed by atoms with Gasteiger partial charge in [-0.15, -0.1) is 0 Å². The van der Waals surface area contributed by atoms with Crippen molar-refractivity contribution in [1.29, 1.82) is 0 Å². The van der Waals surface area contributed by atoms with Crippen LogP contribution < -0.4 is 5.32 Å². The smallest absolute Gasteiger partial charge is 0.246 e. The van der Waals surface area contributed by atoms with Crippen molar-refractivity contribution < 1.29 is 13.5 Å². The van der Waals surface area contributed by atoms with Gasteiger partial charge < -0.3 is 10.4 Å². The van der Waals surface area contributed by atoms with Crippen LogP contribution in [0.1, 0.15) is 20.3 Å². The minimum Gasteiger partial charge on any atom is -0.395 e. The summed E-state index contributed by atoms with van der Waals surface area (Å²) in [7, 11) is -3.63. The van der Waals surface area contributed by atoms with Crippen LogP contribution in [-0.2, 0) is 10.0 Å². The van der Waals surface area contributed by atoms with Gasteiger partial charge >= 0.3 is 0 Å². The third kappa shape index (κ3) is 3.89. The van der Waals surface area contributed by atoms with Crippen LogP contribution in [0.5, 0.6) is 0 Å². The van der Waals surface area contributed by atoms with Gasteiger partial charge in [-0.1, -0.05) is 13.8 Å². The van der Waals surface area contributed by atoms with Gasteiger partial charge in [0.2, 0.25) is 10.0 Å². The fourth-order valence-electron chi connectivity index (χ4n) is 1.67. The molecule has 0 saturated carbocycles. The van der Waals surface area contributed by atoms with Crippen LogP contribution in [0, 0.1) is 0 Å². The first-order valence-electron chi connectivity index (χ1n) is 6.37. The van der Waals surface area contributed by atoms with Gasteiger partial charge in [-0.05, 0) is 18.6 Å². The van der Waals surface area contributed by atoms with Gasteiger partial charge in [-0.25, -0.2) is 13.4 Å². The zero-order valence-corrected chi connectivity index (χ0v) is 12.2. The average molecular weight is 287 g/mol. The van der Waals surface area contributed by atoms with Crippen LogP contribution in [0.4, 0.5) is 5.82 Å². The number of hydrogen-bond acceptors (Lipinski definition) is 5. The highest BCUT2D eigenvalue weighted by atomic mass is 32.2. The molecule has 6 nitrogen and oxygen atoms in total. The fraction of sp³-hybridized carbons (Fsp3) is 0.583. The van der Waals surface area contributed by atoms with Crippen LogP contribution in [0.3, 0.4) is 0 Å². The second-order valence-corrected chi connectivity index (χ2v) is 5.90. The molecular weight excluding hydrogens is 266 g/mol. The lowest BCUT2D eigenvalue weighted by Crippen LogP contribution is -2.34. The number of nitrogens with one attached hydrogen (secondary N) is 1. The largest absolute Gasteiger partial charge is 0.395 e. The van der Waals surface area contributed by atoms with Gasteiger partial charge in [0.1, 0.15) is 10.7 Å². The zero-order chi connectivity index (χ0) is 14.3. The van der Waals surface area contributed by atoms with Crippen LogP contribution in [0.25, 0.3) is 0 Å². The van der Waals surface area contributed by atoms with Gasteiger partial charge in [0, 0.05) is 25.8 Å². The second-order valence-electron chi connectivity index (χ2n) is 4.00. The Morgan fingerprint density at radius 3 is 2.74 bits per heavy atom. The zero-order valence-electron chi connectivity index (χ0n) is 11.3. The molecular formula is C12H21N3O3S. The molecule has 2 N–H and O–H groups in total. The van der Waals surface area contributed by atoms with Crippen molar-refractivity contribution in [3.05, 3.63) is 18.3 Å². The van der Waals surface area contributed by atoms with E-state index >= 15 is 0 Å². The lowest BCUT2D eigenvalue weighted by atomic mass is 10.4. The molecule has 1 aromatic heterocycles. The Kier molecular flexibility index (Phi) is 6.20. The molecule has 0 aromatic carbocycles. The highest BCUT2D eigenvalue weighted by Crippen LogP contribution is 2.22. The second kappa shape index (κ2) is 7.42. The van der Waals surface area contributed by atoms with Gasteiger partial charge in [-0.3, -0.25) is 0 Å². The molecule has 1 heterocycles. The average Bonchev–Trinajstić information content (AvgIpc) is 2.42. The van der Waals surface area contributed by atoms with E-state index in [2.05, 4.69) is 10.3 Å². The van der Waals surface area contributed by atoms with Crippen LogP contribution in [0.15, 0.2) is 23.2 Å². The number of likely N-dealkylation sites (N-methyl/N-ethyl adjacent to an activating group) is 1. The first-order valence-corrected chi connectivity index (χ1v) is 7.81. The van der Waals surface area contributed by atoms with Crippen molar-refractivity contribution in [2.75, 3.05) is 31.6 Å². The summed E-state index contributed by atoms with van der Waals surface area (Å²) >= 11 is 0. The maximum atomic E-state index is 12.5. The van der Waals surface area contributed by atoms with Crippen LogP contribution in [-0.4, -0.2) is 49.1 Å². The maximum absolute atomic E-state index is 12.5. The molecule has 1 aromatic rings. The first-order chi connectivity index (χ1) is 9.07. The van der Waals surface area contributed by atoms with Gasteiger partial charge in [0.05, 0.1) is 6.61 Å². The highest BCUT2D eigenvalue weighted by molar-refractivity contribution is 7.89. The number of nitrogens with zero attached hydrogens (tertiary/aromatic N) is 2. The summed E-state index contributed by atoms with van der Waals surface area (Å²) in [5.41, 5.74) is 0. The lowest BCUT2D eigenvalue weighted by Gasteiger charge is -2.20. The number of rotatable bonds is 8. The quantitative estimate of drug-likeness (QED) is 0.742. The molecule has 0 atom stereocenters. The summed E-state index contributed by atoms with van der Waals surface area (Å²) in [6.45, 7) is 4.58. The molecule has 0 radical (unpaired) electrons.